The Hall–Kier alpha value is -3.15. The first-order chi connectivity index (χ1) is 13.2. The number of methoxy groups -OCH3 is 1. The summed E-state index contributed by atoms with van der Waals surface area (Å²) in [6, 6.07) is 17.3. The topological polar surface area (TPSA) is 71.0 Å². The molecule has 0 spiro atoms. The number of carbonyl (C=O) groups excluding carboxylic acids is 2. The smallest absolute Gasteiger partial charge is 0.243 e. The van der Waals surface area contributed by atoms with Crippen molar-refractivity contribution in [2.24, 2.45) is 5.10 Å². The predicted molar refractivity (Wildman–Crippen MR) is 103 cm³/mol. The number of rotatable bonds is 7. The average molecular weight is 365 g/mol. The van der Waals surface area contributed by atoms with Crippen molar-refractivity contribution in [3.05, 3.63) is 65.7 Å². The van der Waals surface area contributed by atoms with Gasteiger partial charge in [-0.3, -0.25) is 9.59 Å². The zero-order valence-corrected chi connectivity index (χ0v) is 15.4. The van der Waals surface area contributed by atoms with Crippen LogP contribution in [-0.2, 0) is 16.1 Å². The standard InChI is InChI=1S/C21H23N3O3/c1-27-18-9-5-6-16(14-18)15-22-20(25)10-11-21(26)24-13-12-19(23-24)17-7-3-2-4-8-17/h2-9,14H,10-13,15H2,1H3,(H,22,25). The van der Waals surface area contributed by atoms with Gasteiger partial charge in [-0.05, 0) is 23.3 Å². The predicted octanol–water partition coefficient (Wildman–Crippen LogP) is 2.73. The van der Waals surface area contributed by atoms with Gasteiger partial charge in [0.25, 0.3) is 0 Å². The fourth-order valence-corrected chi connectivity index (χ4v) is 2.89. The van der Waals surface area contributed by atoms with Crippen LogP contribution in [0.25, 0.3) is 0 Å². The quantitative estimate of drug-likeness (QED) is 0.820. The van der Waals surface area contributed by atoms with Gasteiger partial charge in [-0.25, -0.2) is 5.01 Å². The lowest BCUT2D eigenvalue weighted by molar-refractivity contribution is -0.133. The third kappa shape index (κ3) is 5.17. The number of nitrogens with one attached hydrogen (secondary N) is 1. The van der Waals surface area contributed by atoms with Crippen LogP contribution in [0, 0.1) is 0 Å². The first kappa shape index (κ1) is 18.6. The maximum absolute atomic E-state index is 12.3. The highest BCUT2D eigenvalue weighted by molar-refractivity contribution is 6.02. The maximum atomic E-state index is 12.3. The highest BCUT2D eigenvalue weighted by Gasteiger charge is 2.21. The molecule has 6 heteroatoms. The second-order valence-corrected chi connectivity index (χ2v) is 6.31. The van der Waals surface area contributed by atoms with Crippen LogP contribution in [0.15, 0.2) is 59.7 Å². The number of hydrogen-bond acceptors (Lipinski definition) is 4. The van der Waals surface area contributed by atoms with Crippen LogP contribution < -0.4 is 10.1 Å². The fraction of sp³-hybridized carbons (Fsp3) is 0.286. The SMILES string of the molecule is COc1cccc(CNC(=O)CCC(=O)N2CCC(c3ccccc3)=N2)c1. The van der Waals surface area contributed by atoms with Gasteiger partial charge in [0, 0.05) is 25.8 Å². The van der Waals surface area contributed by atoms with Crippen molar-refractivity contribution >= 4 is 17.5 Å². The normalized spacial score (nSPS) is 13.2. The zero-order valence-electron chi connectivity index (χ0n) is 15.4. The molecule has 1 heterocycles. The van der Waals surface area contributed by atoms with E-state index in [1.165, 1.54) is 5.01 Å². The summed E-state index contributed by atoms with van der Waals surface area (Å²) in [5.74, 6) is 0.466. The van der Waals surface area contributed by atoms with Crippen LogP contribution >= 0.6 is 0 Å². The molecule has 0 radical (unpaired) electrons. The van der Waals surface area contributed by atoms with Gasteiger partial charge in [0.05, 0.1) is 19.4 Å². The summed E-state index contributed by atoms with van der Waals surface area (Å²) in [7, 11) is 1.60. The van der Waals surface area contributed by atoms with Gasteiger partial charge >= 0.3 is 0 Å². The number of hydrogen-bond donors (Lipinski definition) is 1. The molecule has 2 aromatic carbocycles. The molecular weight excluding hydrogens is 342 g/mol. The summed E-state index contributed by atoms with van der Waals surface area (Å²) in [6.07, 6.45) is 1.03. The number of carbonyl (C=O) groups is 2. The van der Waals surface area contributed by atoms with E-state index in [9.17, 15) is 9.59 Å². The van der Waals surface area contributed by atoms with Crippen LogP contribution in [-0.4, -0.2) is 36.2 Å². The number of benzene rings is 2. The van der Waals surface area contributed by atoms with E-state index in [0.29, 0.717) is 13.1 Å². The van der Waals surface area contributed by atoms with Crippen molar-refractivity contribution in [2.75, 3.05) is 13.7 Å². The summed E-state index contributed by atoms with van der Waals surface area (Å²) in [4.78, 5) is 24.3. The van der Waals surface area contributed by atoms with Gasteiger partial charge in [-0.15, -0.1) is 0 Å². The van der Waals surface area contributed by atoms with Crippen molar-refractivity contribution in [1.29, 1.82) is 0 Å². The molecule has 140 valence electrons. The molecule has 0 unspecified atom stereocenters. The fourth-order valence-electron chi connectivity index (χ4n) is 2.89. The van der Waals surface area contributed by atoms with Gasteiger partial charge in [0.2, 0.25) is 11.8 Å². The highest BCUT2D eigenvalue weighted by atomic mass is 16.5. The van der Waals surface area contributed by atoms with Crippen LogP contribution in [0.5, 0.6) is 5.75 Å². The third-order valence-electron chi connectivity index (χ3n) is 4.39. The highest BCUT2D eigenvalue weighted by Crippen LogP contribution is 2.15. The molecule has 2 aromatic rings. The zero-order chi connectivity index (χ0) is 19.1. The van der Waals surface area contributed by atoms with E-state index in [0.717, 1.165) is 29.0 Å². The Morgan fingerprint density at radius 3 is 2.70 bits per heavy atom. The molecule has 0 bridgehead atoms. The molecule has 0 aromatic heterocycles. The van der Waals surface area contributed by atoms with E-state index >= 15 is 0 Å². The first-order valence-corrected chi connectivity index (χ1v) is 8.98. The molecule has 2 amide bonds. The van der Waals surface area contributed by atoms with Crippen molar-refractivity contribution in [1.82, 2.24) is 10.3 Å². The summed E-state index contributed by atoms with van der Waals surface area (Å²) >= 11 is 0. The molecule has 1 aliphatic heterocycles. The molecule has 3 rings (SSSR count). The maximum Gasteiger partial charge on any atom is 0.243 e. The van der Waals surface area contributed by atoms with Crippen molar-refractivity contribution in [2.45, 2.75) is 25.8 Å². The summed E-state index contributed by atoms with van der Waals surface area (Å²) in [6.45, 7) is 0.971. The van der Waals surface area contributed by atoms with Crippen LogP contribution in [0.4, 0.5) is 0 Å². The first-order valence-electron chi connectivity index (χ1n) is 8.98. The van der Waals surface area contributed by atoms with Crippen LogP contribution in [0.3, 0.4) is 0 Å². The van der Waals surface area contributed by atoms with Crippen LogP contribution in [0.1, 0.15) is 30.4 Å². The number of nitrogens with zero attached hydrogens (tertiary/aromatic N) is 2. The second kappa shape index (κ2) is 8.98. The molecule has 0 fully saturated rings. The minimum atomic E-state index is -0.155. The molecule has 0 saturated heterocycles. The van der Waals surface area contributed by atoms with Crippen molar-refractivity contribution in [3.63, 3.8) is 0 Å². The molecule has 0 saturated carbocycles. The Kier molecular flexibility index (Phi) is 6.20. The third-order valence-corrected chi connectivity index (χ3v) is 4.39. The molecule has 27 heavy (non-hydrogen) atoms. The molecule has 0 atom stereocenters. The Morgan fingerprint density at radius 1 is 1.11 bits per heavy atom. The lowest BCUT2D eigenvalue weighted by Crippen LogP contribution is -2.27. The lowest BCUT2D eigenvalue weighted by atomic mass is 10.1. The minimum absolute atomic E-state index is 0.127. The van der Waals surface area contributed by atoms with E-state index in [1.807, 2.05) is 54.6 Å². The number of amides is 2. The Balaban J connectivity index is 1.45. The second-order valence-electron chi connectivity index (χ2n) is 6.31. The van der Waals surface area contributed by atoms with E-state index in [2.05, 4.69) is 10.4 Å². The number of hydrazone groups is 1. The molecule has 1 N–H and O–H groups in total. The molecule has 0 aliphatic carbocycles. The largest absolute Gasteiger partial charge is 0.497 e. The Bertz CT molecular complexity index is 834. The summed E-state index contributed by atoms with van der Waals surface area (Å²) < 4.78 is 5.16. The Morgan fingerprint density at radius 2 is 1.93 bits per heavy atom. The van der Waals surface area contributed by atoms with E-state index < -0.39 is 0 Å². The Labute approximate surface area is 158 Å². The average Bonchev–Trinajstić information content (AvgIpc) is 3.21. The van der Waals surface area contributed by atoms with E-state index in [1.54, 1.807) is 7.11 Å². The van der Waals surface area contributed by atoms with Gasteiger partial charge < -0.3 is 10.1 Å². The summed E-state index contributed by atoms with van der Waals surface area (Å²) in [5, 5.41) is 8.70. The molecular formula is C21H23N3O3. The van der Waals surface area contributed by atoms with Crippen molar-refractivity contribution in [3.8, 4) is 5.75 Å². The van der Waals surface area contributed by atoms with Gasteiger partial charge in [-0.1, -0.05) is 42.5 Å². The van der Waals surface area contributed by atoms with Gasteiger partial charge in [-0.2, -0.15) is 5.10 Å². The monoisotopic (exact) mass is 365 g/mol. The molecule has 6 nitrogen and oxygen atoms in total. The van der Waals surface area contributed by atoms with E-state index in [-0.39, 0.29) is 24.7 Å². The van der Waals surface area contributed by atoms with Gasteiger partial charge in [0.15, 0.2) is 0 Å². The molecule has 1 aliphatic rings. The lowest BCUT2D eigenvalue weighted by Gasteiger charge is -2.11. The minimum Gasteiger partial charge on any atom is -0.497 e. The van der Waals surface area contributed by atoms with Gasteiger partial charge in [0.1, 0.15) is 5.75 Å². The van der Waals surface area contributed by atoms with Crippen molar-refractivity contribution < 1.29 is 14.3 Å². The van der Waals surface area contributed by atoms with E-state index in [4.69, 9.17) is 4.74 Å². The van der Waals surface area contributed by atoms with Crippen LogP contribution in [0.2, 0.25) is 0 Å². The number of ether oxygens (including phenoxy) is 1. The summed E-state index contributed by atoms with van der Waals surface area (Å²) in [5.41, 5.74) is 2.89.